The minimum absolute atomic E-state index is 0.251. The monoisotopic (exact) mass is 386 g/mol. The summed E-state index contributed by atoms with van der Waals surface area (Å²) in [6.07, 6.45) is 0. The van der Waals surface area contributed by atoms with Gasteiger partial charge in [-0.15, -0.1) is 0 Å². The maximum atomic E-state index is 12.6. The van der Waals surface area contributed by atoms with Gasteiger partial charge in [0.1, 0.15) is 5.69 Å². The van der Waals surface area contributed by atoms with Crippen molar-refractivity contribution in [2.24, 2.45) is 0 Å². The zero-order valence-electron chi connectivity index (χ0n) is 14.2. The molecule has 1 amide bonds. The van der Waals surface area contributed by atoms with Gasteiger partial charge in [-0.25, -0.2) is 9.97 Å². The molecular formula is C19H16Cl2N4O. The number of hydrogen-bond acceptors (Lipinski definition) is 4. The van der Waals surface area contributed by atoms with Gasteiger partial charge in [0, 0.05) is 23.5 Å². The van der Waals surface area contributed by atoms with Gasteiger partial charge in [-0.3, -0.25) is 4.79 Å². The smallest absolute Gasteiger partial charge is 0.274 e. The van der Waals surface area contributed by atoms with Crippen LogP contribution in [0.1, 0.15) is 16.2 Å². The molecule has 0 saturated carbocycles. The van der Waals surface area contributed by atoms with Crippen LogP contribution in [0.4, 0.5) is 17.3 Å². The minimum Gasteiger partial charge on any atom is -0.319 e. The fourth-order valence-electron chi connectivity index (χ4n) is 2.36. The average Bonchev–Trinajstić information content (AvgIpc) is 2.63. The molecule has 0 bridgehead atoms. The largest absolute Gasteiger partial charge is 0.319 e. The number of rotatable bonds is 4. The minimum atomic E-state index is -0.373. The Morgan fingerprint density at radius 1 is 1.04 bits per heavy atom. The van der Waals surface area contributed by atoms with Crippen molar-refractivity contribution in [3.63, 3.8) is 0 Å². The first kappa shape index (κ1) is 18.2. The highest BCUT2D eigenvalue weighted by Crippen LogP contribution is 2.26. The van der Waals surface area contributed by atoms with E-state index in [0.717, 1.165) is 5.69 Å². The molecule has 0 radical (unpaired) electrons. The number of anilines is 3. The third-order valence-electron chi connectivity index (χ3n) is 3.70. The lowest BCUT2D eigenvalue weighted by molar-refractivity contribution is 0.102. The summed E-state index contributed by atoms with van der Waals surface area (Å²) >= 11 is 12.0. The number of amides is 1. The SMILES string of the molecule is Cc1cc(C(=O)Nc2ccc(Cl)cc2Cl)nc(N(C)c2ccccc2)n1. The second kappa shape index (κ2) is 7.72. The standard InChI is InChI=1S/C19H16Cl2N4O/c1-12-10-17(18(26)23-16-9-8-13(20)11-15(16)21)24-19(22-12)25(2)14-6-4-3-5-7-14/h3-11H,1-2H3,(H,23,26). The summed E-state index contributed by atoms with van der Waals surface area (Å²) in [6, 6.07) is 16.2. The second-order valence-corrected chi connectivity index (χ2v) is 6.51. The highest BCUT2D eigenvalue weighted by molar-refractivity contribution is 6.36. The van der Waals surface area contributed by atoms with Gasteiger partial charge in [-0.2, -0.15) is 0 Å². The number of aromatic nitrogens is 2. The summed E-state index contributed by atoms with van der Waals surface area (Å²) < 4.78 is 0. The molecule has 7 heteroatoms. The number of carbonyl (C=O) groups excluding carboxylic acids is 1. The molecule has 2 aromatic carbocycles. The van der Waals surface area contributed by atoms with Crippen molar-refractivity contribution < 1.29 is 4.79 Å². The van der Waals surface area contributed by atoms with Crippen LogP contribution in [0.2, 0.25) is 10.0 Å². The molecule has 0 fully saturated rings. The highest BCUT2D eigenvalue weighted by atomic mass is 35.5. The number of benzene rings is 2. The topological polar surface area (TPSA) is 58.1 Å². The first-order valence-corrected chi connectivity index (χ1v) is 8.60. The second-order valence-electron chi connectivity index (χ2n) is 5.67. The average molecular weight is 387 g/mol. The molecule has 0 aliphatic carbocycles. The predicted molar refractivity (Wildman–Crippen MR) is 106 cm³/mol. The number of hydrogen-bond donors (Lipinski definition) is 1. The van der Waals surface area contributed by atoms with E-state index in [1.54, 1.807) is 24.3 Å². The van der Waals surface area contributed by atoms with Crippen molar-refractivity contribution in [3.05, 3.63) is 76.0 Å². The Hall–Kier alpha value is -2.63. The third kappa shape index (κ3) is 4.12. The summed E-state index contributed by atoms with van der Waals surface area (Å²) in [6.45, 7) is 1.82. The van der Waals surface area contributed by atoms with Crippen molar-refractivity contribution in [3.8, 4) is 0 Å². The summed E-state index contributed by atoms with van der Waals surface area (Å²) in [5.74, 6) is 0.0611. The van der Waals surface area contributed by atoms with E-state index in [-0.39, 0.29) is 11.6 Å². The van der Waals surface area contributed by atoms with Crippen LogP contribution in [-0.2, 0) is 0 Å². The number of para-hydroxylation sites is 1. The normalized spacial score (nSPS) is 10.5. The molecule has 1 heterocycles. The van der Waals surface area contributed by atoms with E-state index in [9.17, 15) is 4.79 Å². The summed E-state index contributed by atoms with van der Waals surface area (Å²) in [5.41, 5.74) is 2.33. The molecular weight excluding hydrogens is 371 g/mol. The fourth-order valence-corrected chi connectivity index (χ4v) is 2.82. The number of halogens is 2. The Balaban J connectivity index is 1.88. The lowest BCUT2D eigenvalue weighted by atomic mass is 10.2. The van der Waals surface area contributed by atoms with Crippen LogP contribution in [0, 0.1) is 6.92 Å². The van der Waals surface area contributed by atoms with Crippen LogP contribution in [0.3, 0.4) is 0 Å². The van der Waals surface area contributed by atoms with E-state index in [1.807, 2.05) is 49.2 Å². The molecule has 1 aromatic heterocycles. The van der Waals surface area contributed by atoms with E-state index in [2.05, 4.69) is 15.3 Å². The molecule has 0 aliphatic rings. The van der Waals surface area contributed by atoms with Crippen LogP contribution in [0.5, 0.6) is 0 Å². The van der Waals surface area contributed by atoms with Gasteiger partial charge >= 0.3 is 0 Å². The number of nitrogens with one attached hydrogen (secondary N) is 1. The third-order valence-corrected chi connectivity index (χ3v) is 4.25. The number of carbonyl (C=O) groups is 1. The molecule has 132 valence electrons. The van der Waals surface area contributed by atoms with Crippen molar-refractivity contribution in [1.29, 1.82) is 0 Å². The van der Waals surface area contributed by atoms with E-state index in [1.165, 1.54) is 0 Å². The maximum Gasteiger partial charge on any atom is 0.274 e. The van der Waals surface area contributed by atoms with Crippen molar-refractivity contribution in [2.45, 2.75) is 6.92 Å². The molecule has 0 unspecified atom stereocenters. The first-order valence-electron chi connectivity index (χ1n) is 7.85. The highest BCUT2D eigenvalue weighted by Gasteiger charge is 2.15. The molecule has 5 nitrogen and oxygen atoms in total. The lowest BCUT2D eigenvalue weighted by Gasteiger charge is -2.18. The summed E-state index contributed by atoms with van der Waals surface area (Å²) in [7, 11) is 1.85. The Labute approximate surface area is 161 Å². The van der Waals surface area contributed by atoms with Crippen molar-refractivity contribution in [1.82, 2.24) is 9.97 Å². The lowest BCUT2D eigenvalue weighted by Crippen LogP contribution is -2.19. The van der Waals surface area contributed by atoms with Crippen LogP contribution in [0.25, 0.3) is 0 Å². The molecule has 1 N–H and O–H groups in total. The van der Waals surface area contributed by atoms with Gasteiger partial charge in [0.25, 0.3) is 5.91 Å². The number of aryl methyl sites for hydroxylation is 1. The van der Waals surface area contributed by atoms with Crippen molar-refractivity contribution >= 4 is 46.4 Å². The Morgan fingerprint density at radius 2 is 1.77 bits per heavy atom. The van der Waals surface area contributed by atoms with Crippen LogP contribution in [0.15, 0.2) is 54.6 Å². The van der Waals surface area contributed by atoms with Crippen molar-refractivity contribution in [2.75, 3.05) is 17.3 Å². The summed E-state index contributed by atoms with van der Waals surface area (Å²) in [4.78, 5) is 23.2. The fraction of sp³-hybridized carbons (Fsp3) is 0.105. The summed E-state index contributed by atoms with van der Waals surface area (Å²) in [5, 5.41) is 3.61. The predicted octanol–water partition coefficient (Wildman–Crippen LogP) is 5.11. The van der Waals surface area contributed by atoms with Gasteiger partial charge in [-0.05, 0) is 43.3 Å². The first-order chi connectivity index (χ1) is 12.4. The van der Waals surface area contributed by atoms with E-state index < -0.39 is 0 Å². The zero-order valence-corrected chi connectivity index (χ0v) is 15.7. The van der Waals surface area contributed by atoms with Crippen LogP contribution < -0.4 is 10.2 Å². The molecule has 26 heavy (non-hydrogen) atoms. The molecule has 0 atom stereocenters. The van der Waals surface area contributed by atoms with Crippen LogP contribution >= 0.6 is 23.2 Å². The molecule has 0 saturated heterocycles. The van der Waals surface area contributed by atoms with Gasteiger partial charge in [0.05, 0.1) is 10.7 Å². The van der Waals surface area contributed by atoms with Gasteiger partial charge in [0.15, 0.2) is 0 Å². The van der Waals surface area contributed by atoms with E-state index in [4.69, 9.17) is 23.2 Å². The van der Waals surface area contributed by atoms with Gasteiger partial charge in [0.2, 0.25) is 5.95 Å². The van der Waals surface area contributed by atoms with Crippen LogP contribution in [-0.4, -0.2) is 22.9 Å². The Bertz CT molecular complexity index is 948. The Morgan fingerprint density at radius 3 is 2.46 bits per heavy atom. The molecule has 3 rings (SSSR count). The molecule has 0 aliphatic heterocycles. The maximum absolute atomic E-state index is 12.6. The van der Waals surface area contributed by atoms with Gasteiger partial charge in [-0.1, -0.05) is 41.4 Å². The van der Waals surface area contributed by atoms with Gasteiger partial charge < -0.3 is 10.2 Å². The molecule has 3 aromatic rings. The quantitative estimate of drug-likeness (QED) is 0.676. The number of nitrogens with zero attached hydrogens (tertiary/aromatic N) is 3. The Kier molecular flexibility index (Phi) is 5.40. The van der Waals surface area contributed by atoms with E-state index in [0.29, 0.717) is 27.4 Å². The van der Waals surface area contributed by atoms with E-state index >= 15 is 0 Å². The molecule has 0 spiro atoms. The zero-order chi connectivity index (χ0) is 18.7.